The summed E-state index contributed by atoms with van der Waals surface area (Å²) in [6.45, 7) is 1.80. The van der Waals surface area contributed by atoms with Crippen LogP contribution in [0.15, 0.2) is 15.9 Å². The van der Waals surface area contributed by atoms with Gasteiger partial charge in [0, 0.05) is 0 Å². The second-order valence-corrected chi connectivity index (χ2v) is 5.13. The number of hydrogen-bond acceptors (Lipinski definition) is 5. The van der Waals surface area contributed by atoms with Crippen LogP contribution >= 0.6 is 27.3 Å². The third-order valence-corrected chi connectivity index (χ3v) is 3.18. The first kappa shape index (κ1) is 9.54. The number of nitrogens with zero attached hydrogens (tertiary/aromatic N) is 3. The minimum Gasteiger partial charge on any atom is -0.368 e. The normalized spacial score (nSPS) is 10.4. The van der Waals surface area contributed by atoms with Gasteiger partial charge in [0.2, 0.25) is 5.95 Å². The number of halogens is 1. The van der Waals surface area contributed by atoms with E-state index in [1.54, 1.807) is 18.3 Å². The molecule has 0 bridgehead atoms. The lowest BCUT2D eigenvalue weighted by atomic mass is 10.4. The highest BCUT2D eigenvalue weighted by molar-refractivity contribution is 9.11. The largest absolute Gasteiger partial charge is 0.368 e. The van der Waals surface area contributed by atoms with Crippen LogP contribution < -0.4 is 5.73 Å². The molecular formula is C8H7BrN4S. The van der Waals surface area contributed by atoms with Crippen LogP contribution in [0.1, 0.15) is 5.82 Å². The lowest BCUT2D eigenvalue weighted by molar-refractivity contribution is 1.000. The van der Waals surface area contributed by atoms with Crippen molar-refractivity contribution < 1.29 is 0 Å². The minimum absolute atomic E-state index is 0.261. The van der Waals surface area contributed by atoms with Crippen molar-refractivity contribution in [3.8, 4) is 10.7 Å². The molecule has 6 heteroatoms. The lowest BCUT2D eigenvalue weighted by Crippen LogP contribution is -2.00. The van der Waals surface area contributed by atoms with Gasteiger partial charge >= 0.3 is 0 Å². The Balaban J connectivity index is 2.51. The smallest absolute Gasteiger partial charge is 0.223 e. The second-order valence-electron chi connectivity index (χ2n) is 2.67. The summed E-state index contributed by atoms with van der Waals surface area (Å²) < 4.78 is 1.05. The fourth-order valence-corrected chi connectivity index (χ4v) is 2.37. The number of thiophene rings is 1. The molecule has 0 radical (unpaired) electrons. The van der Waals surface area contributed by atoms with Crippen LogP contribution in [0.4, 0.5) is 5.95 Å². The first-order valence-electron chi connectivity index (χ1n) is 3.89. The van der Waals surface area contributed by atoms with Crippen LogP contribution in [0.25, 0.3) is 10.7 Å². The molecule has 0 fully saturated rings. The maximum absolute atomic E-state index is 5.53. The molecule has 0 aliphatic carbocycles. The number of anilines is 1. The van der Waals surface area contributed by atoms with E-state index >= 15 is 0 Å². The highest BCUT2D eigenvalue weighted by Crippen LogP contribution is 2.29. The molecule has 0 spiro atoms. The standard InChI is InChI=1S/C8H7BrN4S/c1-4-11-7(13-8(10)12-4)5-2-3-6(9)14-5/h2-3H,1H3,(H2,10,11,12,13). The van der Waals surface area contributed by atoms with Crippen LogP contribution in [0.2, 0.25) is 0 Å². The first-order chi connectivity index (χ1) is 6.65. The van der Waals surface area contributed by atoms with Gasteiger partial charge in [-0.15, -0.1) is 11.3 Å². The van der Waals surface area contributed by atoms with E-state index < -0.39 is 0 Å². The molecule has 2 rings (SSSR count). The Morgan fingerprint density at radius 2 is 2.07 bits per heavy atom. The van der Waals surface area contributed by atoms with Crippen molar-refractivity contribution in [2.75, 3.05) is 5.73 Å². The summed E-state index contributed by atoms with van der Waals surface area (Å²) in [5.74, 6) is 1.53. The molecule has 0 unspecified atom stereocenters. The van der Waals surface area contributed by atoms with Gasteiger partial charge in [0.05, 0.1) is 8.66 Å². The van der Waals surface area contributed by atoms with Crippen LogP contribution in [-0.2, 0) is 0 Å². The summed E-state index contributed by atoms with van der Waals surface area (Å²) in [7, 11) is 0. The van der Waals surface area contributed by atoms with Crippen molar-refractivity contribution in [2.24, 2.45) is 0 Å². The zero-order valence-corrected chi connectivity index (χ0v) is 9.76. The molecule has 2 N–H and O–H groups in total. The highest BCUT2D eigenvalue weighted by Gasteiger charge is 2.06. The van der Waals surface area contributed by atoms with Crippen molar-refractivity contribution in [1.82, 2.24) is 15.0 Å². The predicted molar refractivity (Wildman–Crippen MR) is 60.0 cm³/mol. The van der Waals surface area contributed by atoms with E-state index in [1.807, 2.05) is 12.1 Å². The van der Waals surface area contributed by atoms with Crippen molar-refractivity contribution >= 4 is 33.2 Å². The van der Waals surface area contributed by atoms with Crippen LogP contribution in [0, 0.1) is 6.92 Å². The van der Waals surface area contributed by atoms with Crippen molar-refractivity contribution in [3.05, 3.63) is 21.7 Å². The summed E-state index contributed by atoms with van der Waals surface area (Å²) in [5, 5.41) is 0. The van der Waals surface area contributed by atoms with Crippen LogP contribution in [0.5, 0.6) is 0 Å². The summed E-state index contributed by atoms with van der Waals surface area (Å²) >= 11 is 4.95. The molecular weight excluding hydrogens is 264 g/mol. The van der Waals surface area contributed by atoms with E-state index in [-0.39, 0.29) is 5.95 Å². The molecule has 0 aliphatic rings. The molecule has 2 aromatic rings. The van der Waals surface area contributed by atoms with Crippen molar-refractivity contribution in [1.29, 1.82) is 0 Å². The number of aryl methyl sites for hydroxylation is 1. The second kappa shape index (κ2) is 3.62. The maximum Gasteiger partial charge on any atom is 0.223 e. The number of nitrogens with two attached hydrogens (primary N) is 1. The molecule has 4 nitrogen and oxygen atoms in total. The average molecular weight is 271 g/mol. The molecule has 2 aromatic heterocycles. The van der Waals surface area contributed by atoms with E-state index in [1.165, 1.54) is 0 Å². The Labute approximate surface area is 93.4 Å². The summed E-state index contributed by atoms with van der Waals surface area (Å²) in [5.41, 5.74) is 5.53. The average Bonchev–Trinajstić information content (AvgIpc) is 2.50. The molecule has 2 heterocycles. The molecule has 0 aliphatic heterocycles. The van der Waals surface area contributed by atoms with Gasteiger partial charge in [0.25, 0.3) is 0 Å². The van der Waals surface area contributed by atoms with Gasteiger partial charge in [-0.25, -0.2) is 4.98 Å². The van der Waals surface area contributed by atoms with E-state index in [0.717, 1.165) is 8.66 Å². The molecule has 72 valence electrons. The minimum atomic E-state index is 0.261. The maximum atomic E-state index is 5.53. The van der Waals surface area contributed by atoms with Crippen LogP contribution in [0.3, 0.4) is 0 Å². The number of rotatable bonds is 1. The Hall–Kier alpha value is -1.01. The highest BCUT2D eigenvalue weighted by atomic mass is 79.9. The Bertz CT molecular complexity index is 448. The molecule has 0 aromatic carbocycles. The predicted octanol–water partition coefficient (Wildman–Crippen LogP) is 2.25. The van der Waals surface area contributed by atoms with Gasteiger partial charge in [0.15, 0.2) is 5.82 Å². The molecule has 14 heavy (non-hydrogen) atoms. The molecule has 0 amide bonds. The zero-order valence-electron chi connectivity index (χ0n) is 7.36. The van der Waals surface area contributed by atoms with Crippen molar-refractivity contribution in [2.45, 2.75) is 6.92 Å². The summed E-state index contributed by atoms with van der Waals surface area (Å²) in [6, 6.07) is 3.90. The van der Waals surface area contributed by atoms with Crippen molar-refractivity contribution in [3.63, 3.8) is 0 Å². The number of nitrogen functional groups attached to an aromatic ring is 1. The number of aromatic nitrogens is 3. The SMILES string of the molecule is Cc1nc(N)nc(-c2ccc(Br)s2)n1. The fraction of sp³-hybridized carbons (Fsp3) is 0.125. The summed E-state index contributed by atoms with van der Waals surface area (Å²) in [4.78, 5) is 13.2. The van der Waals surface area contributed by atoms with Gasteiger partial charge in [-0.2, -0.15) is 9.97 Å². The van der Waals surface area contributed by atoms with E-state index in [2.05, 4.69) is 30.9 Å². The van der Waals surface area contributed by atoms with E-state index in [4.69, 9.17) is 5.73 Å². The van der Waals surface area contributed by atoms with Gasteiger partial charge in [-0.1, -0.05) is 0 Å². The topological polar surface area (TPSA) is 64.7 Å². The number of hydrogen-bond donors (Lipinski definition) is 1. The monoisotopic (exact) mass is 270 g/mol. The molecule has 0 saturated heterocycles. The van der Waals surface area contributed by atoms with Gasteiger partial charge in [0.1, 0.15) is 5.82 Å². The van der Waals surface area contributed by atoms with E-state index in [9.17, 15) is 0 Å². The Kier molecular flexibility index (Phi) is 2.47. The third kappa shape index (κ3) is 1.91. The third-order valence-electron chi connectivity index (χ3n) is 1.56. The summed E-state index contributed by atoms with van der Waals surface area (Å²) in [6.07, 6.45) is 0. The van der Waals surface area contributed by atoms with Gasteiger partial charge < -0.3 is 5.73 Å². The van der Waals surface area contributed by atoms with Gasteiger partial charge in [-0.3, -0.25) is 0 Å². The first-order valence-corrected chi connectivity index (χ1v) is 5.50. The quantitative estimate of drug-likeness (QED) is 0.864. The lowest BCUT2D eigenvalue weighted by Gasteiger charge is -1.98. The van der Waals surface area contributed by atoms with Gasteiger partial charge in [-0.05, 0) is 35.0 Å². The zero-order chi connectivity index (χ0) is 10.1. The van der Waals surface area contributed by atoms with E-state index in [0.29, 0.717) is 11.6 Å². The molecule has 0 saturated carbocycles. The van der Waals surface area contributed by atoms with Crippen LogP contribution in [-0.4, -0.2) is 15.0 Å². The fourth-order valence-electron chi connectivity index (χ4n) is 1.05. The Morgan fingerprint density at radius 3 is 2.64 bits per heavy atom. The Morgan fingerprint density at radius 1 is 1.29 bits per heavy atom. The molecule has 0 atom stereocenters.